The lowest BCUT2D eigenvalue weighted by Crippen LogP contribution is -2.20. The van der Waals surface area contributed by atoms with Crippen LogP contribution in [-0.2, 0) is 4.79 Å². The first kappa shape index (κ1) is 20.1. The van der Waals surface area contributed by atoms with E-state index in [0.29, 0.717) is 41.2 Å². The molecule has 3 heterocycles. The monoisotopic (exact) mass is 450 g/mol. The van der Waals surface area contributed by atoms with E-state index >= 15 is 0 Å². The van der Waals surface area contributed by atoms with E-state index in [1.54, 1.807) is 18.2 Å². The molecule has 0 spiro atoms. The predicted molar refractivity (Wildman–Crippen MR) is 120 cm³/mol. The highest BCUT2D eigenvalue weighted by molar-refractivity contribution is 7.14. The van der Waals surface area contributed by atoms with Crippen LogP contribution in [0.2, 0.25) is 0 Å². The van der Waals surface area contributed by atoms with Crippen molar-refractivity contribution in [3.8, 4) is 28.5 Å². The maximum atomic E-state index is 12.3. The Kier molecular flexibility index (Phi) is 5.24. The molecule has 2 aromatic heterocycles. The summed E-state index contributed by atoms with van der Waals surface area (Å²) in [4.78, 5) is 28.4. The van der Waals surface area contributed by atoms with Gasteiger partial charge in [0.25, 0.3) is 5.91 Å². The summed E-state index contributed by atoms with van der Waals surface area (Å²) in [6.45, 7) is 2.67. The molecule has 9 heteroatoms. The van der Waals surface area contributed by atoms with Gasteiger partial charge in [-0.25, -0.2) is 9.78 Å². The maximum absolute atomic E-state index is 12.3. The number of carbonyl (C=O) groups is 1. The molecule has 0 bridgehead atoms. The number of aryl methyl sites for hydroxylation is 1. The zero-order valence-corrected chi connectivity index (χ0v) is 17.9. The number of benzene rings is 2. The molecular weight excluding hydrogens is 432 g/mol. The molecule has 1 aliphatic rings. The molecule has 8 nitrogen and oxygen atoms in total. The highest BCUT2D eigenvalue weighted by Crippen LogP contribution is 2.35. The van der Waals surface area contributed by atoms with E-state index in [-0.39, 0.29) is 12.5 Å². The summed E-state index contributed by atoms with van der Waals surface area (Å²) < 4.78 is 21.9. The van der Waals surface area contributed by atoms with Gasteiger partial charge in [-0.3, -0.25) is 10.1 Å². The van der Waals surface area contributed by atoms with Gasteiger partial charge in [0.1, 0.15) is 24.5 Å². The summed E-state index contributed by atoms with van der Waals surface area (Å²) >= 11 is 1.32. The highest BCUT2D eigenvalue weighted by atomic mass is 32.1. The molecule has 0 fully saturated rings. The zero-order chi connectivity index (χ0) is 22.1. The second-order valence-corrected chi connectivity index (χ2v) is 8.00. The van der Waals surface area contributed by atoms with Gasteiger partial charge >= 0.3 is 5.63 Å². The van der Waals surface area contributed by atoms with Gasteiger partial charge in [-0.2, -0.15) is 0 Å². The number of aromatic nitrogens is 1. The Bertz CT molecular complexity index is 1380. The Morgan fingerprint density at radius 3 is 2.84 bits per heavy atom. The Labute approximate surface area is 186 Å². The molecule has 4 aromatic rings. The smallest absolute Gasteiger partial charge is 0.336 e. The first-order valence-electron chi connectivity index (χ1n) is 9.88. The Morgan fingerprint density at radius 2 is 1.97 bits per heavy atom. The molecule has 1 N–H and O–H groups in total. The van der Waals surface area contributed by atoms with Crippen LogP contribution in [0.25, 0.3) is 22.2 Å². The highest BCUT2D eigenvalue weighted by Gasteiger charge is 2.15. The van der Waals surface area contributed by atoms with Crippen LogP contribution in [0.1, 0.15) is 5.56 Å². The van der Waals surface area contributed by atoms with Crippen molar-refractivity contribution in [2.24, 2.45) is 0 Å². The number of amides is 1. The van der Waals surface area contributed by atoms with Crippen molar-refractivity contribution in [3.05, 3.63) is 63.8 Å². The zero-order valence-electron chi connectivity index (χ0n) is 17.0. The van der Waals surface area contributed by atoms with Crippen molar-refractivity contribution in [2.45, 2.75) is 6.92 Å². The third kappa shape index (κ3) is 4.15. The number of nitrogens with zero attached hydrogens (tertiary/aromatic N) is 1. The third-order valence-corrected chi connectivity index (χ3v) is 5.64. The Hall–Kier alpha value is -3.85. The summed E-state index contributed by atoms with van der Waals surface area (Å²) in [6, 6.07) is 12.2. The van der Waals surface area contributed by atoms with Crippen molar-refractivity contribution in [1.29, 1.82) is 0 Å². The molecule has 0 aliphatic carbocycles. The standard InChI is InChI=1S/C23H18N2O6S/c1-13-8-22(27)31-19-10-15(3-4-16(13)19)30-11-21(26)25-23-24-17(12-32-23)14-2-5-18-20(9-14)29-7-6-28-18/h2-5,8-10,12H,6-7,11H2,1H3,(H,24,25,26). The number of hydrogen-bond acceptors (Lipinski definition) is 8. The van der Waals surface area contributed by atoms with Crippen LogP contribution in [0.15, 0.2) is 57.1 Å². The van der Waals surface area contributed by atoms with E-state index < -0.39 is 5.63 Å². The van der Waals surface area contributed by atoms with Gasteiger partial charge < -0.3 is 18.6 Å². The maximum Gasteiger partial charge on any atom is 0.336 e. The van der Waals surface area contributed by atoms with E-state index in [9.17, 15) is 9.59 Å². The normalized spacial score (nSPS) is 12.5. The quantitative estimate of drug-likeness (QED) is 0.459. The van der Waals surface area contributed by atoms with Crippen molar-refractivity contribution >= 4 is 33.3 Å². The number of carbonyl (C=O) groups excluding carboxylic acids is 1. The van der Waals surface area contributed by atoms with E-state index in [2.05, 4.69) is 10.3 Å². The number of anilines is 1. The summed E-state index contributed by atoms with van der Waals surface area (Å²) in [7, 11) is 0. The topological polar surface area (TPSA) is 99.9 Å². The molecule has 32 heavy (non-hydrogen) atoms. The van der Waals surface area contributed by atoms with Gasteiger partial charge in [0.15, 0.2) is 23.2 Å². The predicted octanol–water partition coefficient (Wildman–Crippen LogP) is 4.01. The lowest BCUT2D eigenvalue weighted by Gasteiger charge is -2.18. The first-order chi connectivity index (χ1) is 15.5. The second-order valence-electron chi connectivity index (χ2n) is 7.14. The second kappa shape index (κ2) is 8.35. The van der Waals surface area contributed by atoms with Crippen LogP contribution in [0.4, 0.5) is 5.13 Å². The van der Waals surface area contributed by atoms with Crippen molar-refractivity contribution in [3.63, 3.8) is 0 Å². The van der Waals surface area contributed by atoms with Crippen LogP contribution in [-0.4, -0.2) is 30.7 Å². The average molecular weight is 450 g/mol. The minimum absolute atomic E-state index is 0.208. The molecule has 5 rings (SSSR count). The van der Waals surface area contributed by atoms with Crippen LogP contribution in [0.5, 0.6) is 17.2 Å². The van der Waals surface area contributed by atoms with E-state index in [0.717, 1.165) is 22.2 Å². The van der Waals surface area contributed by atoms with Crippen molar-refractivity contribution in [1.82, 2.24) is 4.98 Å². The fourth-order valence-electron chi connectivity index (χ4n) is 3.37. The molecule has 0 unspecified atom stereocenters. The van der Waals surface area contributed by atoms with Crippen LogP contribution in [0, 0.1) is 6.92 Å². The first-order valence-corrected chi connectivity index (χ1v) is 10.8. The minimum Gasteiger partial charge on any atom is -0.486 e. The molecular formula is C23H18N2O6S. The SMILES string of the molecule is Cc1cc(=O)oc2cc(OCC(=O)Nc3nc(-c4ccc5c(c4)OCCO5)cs3)ccc12. The average Bonchev–Trinajstić information content (AvgIpc) is 3.25. The van der Waals surface area contributed by atoms with E-state index in [1.807, 2.05) is 30.5 Å². The third-order valence-electron chi connectivity index (χ3n) is 4.88. The molecule has 0 saturated heterocycles. The van der Waals surface area contributed by atoms with E-state index in [1.165, 1.54) is 17.4 Å². The Balaban J connectivity index is 1.23. The number of rotatable bonds is 5. The molecule has 1 amide bonds. The molecule has 1 aliphatic heterocycles. The van der Waals surface area contributed by atoms with E-state index in [4.69, 9.17) is 18.6 Å². The van der Waals surface area contributed by atoms with Crippen LogP contribution >= 0.6 is 11.3 Å². The minimum atomic E-state index is -0.428. The fraction of sp³-hybridized carbons (Fsp3) is 0.174. The summed E-state index contributed by atoms with van der Waals surface area (Å²) in [6.07, 6.45) is 0. The number of fused-ring (bicyclic) bond motifs is 2. The van der Waals surface area contributed by atoms with Gasteiger partial charge in [-0.05, 0) is 42.8 Å². The number of ether oxygens (including phenoxy) is 3. The fourth-order valence-corrected chi connectivity index (χ4v) is 4.10. The molecule has 162 valence electrons. The number of thiazole rings is 1. The lowest BCUT2D eigenvalue weighted by molar-refractivity contribution is -0.118. The Morgan fingerprint density at radius 1 is 1.12 bits per heavy atom. The molecule has 2 aromatic carbocycles. The lowest BCUT2D eigenvalue weighted by atomic mass is 10.1. The van der Waals surface area contributed by atoms with Crippen LogP contribution in [0.3, 0.4) is 0 Å². The van der Waals surface area contributed by atoms with Crippen LogP contribution < -0.4 is 25.2 Å². The van der Waals surface area contributed by atoms with Gasteiger partial charge in [-0.1, -0.05) is 0 Å². The van der Waals surface area contributed by atoms with Crippen molar-refractivity contribution in [2.75, 3.05) is 25.1 Å². The van der Waals surface area contributed by atoms with Gasteiger partial charge in [0.2, 0.25) is 0 Å². The molecule has 0 atom stereocenters. The number of hydrogen-bond donors (Lipinski definition) is 1. The van der Waals surface area contributed by atoms with Crippen molar-refractivity contribution < 1.29 is 23.4 Å². The summed E-state index contributed by atoms with van der Waals surface area (Å²) in [5.74, 6) is 1.47. The molecule has 0 radical (unpaired) electrons. The largest absolute Gasteiger partial charge is 0.486 e. The number of nitrogens with one attached hydrogen (secondary N) is 1. The summed E-state index contributed by atoms with van der Waals surface area (Å²) in [5, 5.41) is 5.87. The van der Waals surface area contributed by atoms with Gasteiger partial charge in [0, 0.05) is 28.5 Å². The molecule has 0 saturated carbocycles. The van der Waals surface area contributed by atoms with Gasteiger partial charge in [-0.15, -0.1) is 11.3 Å². The van der Waals surface area contributed by atoms with Gasteiger partial charge in [0.05, 0.1) is 5.69 Å². The summed E-state index contributed by atoms with van der Waals surface area (Å²) in [5.41, 5.74) is 2.40.